The van der Waals surface area contributed by atoms with Crippen LogP contribution in [0.5, 0.6) is 11.6 Å². The largest absolute Gasteiger partial charge is 0.497 e. The summed E-state index contributed by atoms with van der Waals surface area (Å²) in [5.74, 6) is 0.433. The predicted molar refractivity (Wildman–Crippen MR) is 102 cm³/mol. The summed E-state index contributed by atoms with van der Waals surface area (Å²) in [7, 11) is 3.63. The normalized spacial score (nSPS) is 15.5. The van der Waals surface area contributed by atoms with Crippen LogP contribution >= 0.6 is 12.2 Å². The molecule has 9 heteroatoms. The lowest BCUT2D eigenvalue weighted by atomic mass is 10.2. The molecule has 26 heavy (non-hydrogen) atoms. The first kappa shape index (κ1) is 18.2. The number of aromatic amines is 1. The molecule has 0 aliphatic carbocycles. The van der Waals surface area contributed by atoms with Crippen LogP contribution in [0.3, 0.4) is 0 Å². The fourth-order valence-electron chi connectivity index (χ4n) is 2.68. The summed E-state index contributed by atoms with van der Waals surface area (Å²) in [4.78, 5) is 17.0. The highest BCUT2D eigenvalue weighted by atomic mass is 32.1. The lowest BCUT2D eigenvalue weighted by molar-refractivity contribution is 0.159. The Bertz CT molecular complexity index is 911. The molecule has 1 saturated heterocycles. The van der Waals surface area contributed by atoms with Gasteiger partial charge in [-0.3, -0.25) is 19.4 Å². The third-order valence-electron chi connectivity index (χ3n) is 4.28. The number of hydrazone groups is 1. The number of H-pyrrole nitrogens is 1. The summed E-state index contributed by atoms with van der Waals surface area (Å²) in [6.45, 7) is 3.33. The van der Waals surface area contributed by atoms with Crippen molar-refractivity contribution < 1.29 is 9.84 Å². The maximum absolute atomic E-state index is 12.2. The Labute approximate surface area is 155 Å². The number of hydrogen-bond donors (Lipinski definition) is 2. The van der Waals surface area contributed by atoms with Crippen LogP contribution in [-0.4, -0.2) is 71.1 Å². The molecule has 2 N–H and O–H groups in total. The monoisotopic (exact) mass is 375 g/mol. The standard InChI is InChI=1S/C17H21N5O3S/c1-20-7-9-21(10-8-20)18-11-14-15(23)19-17(26)22(16(14)24)12-3-5-13(25-2)6-4-12/h3-6,11,24H,7-10H2,1-2H3,(H,19,23,26)/b18-11+. The molecule has 2 aromatic rings. The van der Waals surface area contributed by atoms with Gasteiger partial charge in [0.2, 0.25) is 5.88 Å². The van der Waals surface area contributed by atoms with Crippen LogP contribution in [0.4, 0.5) is 0 Å². The molecule has 1 fully saturated rings. The molecular weight excluding hydrogens is 354 g/mol. The van der Waals surface area contributed by atoms with Crippen LogP contribution in [0.25, 0.3) is 5.69 Å². The molecule has 2 heterocycles. The van der Waals surface area contributed by atoms with E-state index in [1.165, 1.54) is 10.8 Å². The minimum Gasteiger partial charge on any atom is -0.497 e. The fraction of sp³-hybridized carbons (Fsp3) is 0.353. The Morgan fingerprint density at radius 1 is 1.23 bits per heavy atom. The summed E-state index contributed by atoms with van der Waals surface area (Å²) < 4.78 is 6.63. The highest BCUT2D eigenvalue weighted by molar-refractivity contribution is 7.71. The van der Waals surface area contributed by atoms with Crippen molar-refractivity contribution in [3.05, 3.63) is 45.0 Å². The number of likely N-dealkylation sites (N-methyl/N-ethyl adjacent to an activating group) is 1. The molecule has 8 nitrogen and oxygen atoms in total. The molecule has 0 atom stereocenters. The Kier molecular flexibility index (Phi) is 5.38. The number of rotatable bonds is 4. The summed E-state index contributed by atoms with van der Waals surface area (Å²) in [5.41, 5.74) is 0.197. The van der Waals surface area contributed by atoms with E-state index in [1.807, 2.05) is 5.01 Å². The van der Waals surface area contributed by atoms with Crippen molar-refractivity contribution in [3.63, 3.8) is 0 Å². The van der Waals surface area contributed by atoms with E-state index in [-0.39, 0.29) is 16.2 Å². The van der Waals surface area contributed by atoms with Gasteiger partial charge in [-0.2, -0.15) is 5.10 Å². The summed E-state index contributed by atoms with van der Waals surface area (Å²) in [5, 5.41) is 16.8. The quantitative estimate of drug-likeness (QED) is 0.617. The molecule has 0 radical (unpaired) electrons. The number of nitrogens with zero attached hydrogens (tertiary/aromatic N) is 4. The van der Waals surface area contributed by atoms with Gasteiger partial charge >= 0.3 is 0 Å². The number of aromatic nitrogens is 2. The minimum absolute atomic E-state index is 0.0633. The molecule has 0 saturated carbocycles. The van der Waals surface area contributed by atoms with Gasteiger partial charge in [-0.15, -0.1) is 0 Å². The smallest absolute Gasteiger partial charge is 0.264 e. The van der Waals surface area contributed by atoms with E-state index in [9.17, 15) is 9.90 Å². The Morgan fingerprint density at radius 3 is 2.50 bits per heavy atom. The zero-order chi connectivity index (χ0) is 18.7. The molecule has 0 bridgehead atoms. The third kappa shape index (κ3) is 3.78. The van der Waals surface area contributed by atoms with Crippen LogP contribution in [0.15, 0.2) is 34.2 Å². The number of hydrogen-bond acceptors (Lipinski definition) is 7. The van der Waals surface area contributed by atoms with E-state index < -0.39 is 5.56 Å². The van der Waals surface area contributed by atoms with E-state index >= 15 is 0 Å². The lowest BCUT2D eigenvalue weighted by Gasteiger charge is -2.30. The maximum atomic E-state index is 12.2. The molecule has 1 aromatic carbocycles. The summed E-state index contributed by atoms with van der Waals surface area (Å²) >= 11 is 5.21. The zero-order valence-electron chi connectivity index (χ0n) is 14.7. The zero-order valence-corrected chi connectivity index (χ0v) is 15.5. The highest BCUT2D eigenvalue weighted by Gasteiger charge is 2.15. The lowest BCUT2D eigenvalue weighted by Crippen LogP contribution is -2.41. The second kappa shape index (κ2) is 7.71. The fourth-order valence-corrected chi connectivity index (χ4v) is 2.96. The van der Waals surface area contributed by atoms with Crippen molar-refractivity contribution in [2.75, 3.05) is 40.3 Å². The molecule has 0 spiro atoms. The Balaban J connectivity index is 1.96. The molecule has 3 rings (SSSR count). The van der Waals surface area contributed by atoms with Gasteiger partial charge in [0.25, 0.3) is 5.56 Å². The molecular formula is C17H21N5O3S. The van der Waals surface area contributed by atoms with Gasteiger partial charge in [-0.05, 0) is 43.5 Å². The highest BCUT2D eigenvalue weighted by Crippen LogP contribution is 2.21. The molecule has 1 aliphatic heterocycles. The van der Waals surface area contributed by atoms with E-state index in [0.717, 1.165) is 26.2 Å². The van der Waals surface area contributed by atoms with E-state index in [2.05, 4.69) is 22.0 Å². The molecule has 1 aliphatic rings. The second-order valence-corrected chi connectivity index (χ2v) is 6.42. The Hall–Kier alpha value is -2.65. The van der Waals surface area contributed by atoms with Gasteiger partial charge in [0.15, 0.2) is 4.77 Å². The summed E-state index contributed by atoms with van der Waals surface area (Å²) in [6, 6.07) is 6.99. The molecule has 138 valence electrons. The van der Waals surface area contributed by atoms with Crippen molar-refractivity contribution in [1.29, 1.82) is 0 Å². The topological polar surface area (TPSA) is 86.1 Å². The van der Waals surface area contributed by atoms with E-state index in [4.69, 9.17) is 17.0 Å². The predicted octanol–water partition coefficient (Wildman–Crippen LogP) is 1.19. The van der Waals surface area contributed by atoms with E-state index in [0.29, 0.717) is 11.4 Å². The second-order valence-electron chi connectivity index (χ2n) is 6.03. The van der Waals surface area contributed by atoms with Crippen LogP contribution in [0.1, 0.15) is 5.56 Å². The number of aromatic hydroxyl groups is 1. The number of nitrogens with one attached hydrogen (secondary N) is 1. The SMILES string of the molecule is COc1ccc(-n2c(O)c(/C=N/N3CCN(C)CC3)c(=O)[nH]c2=S)cc1. The molecule has 0 unspecified atom stereocenters. The van der Waals surface area contributed by atoms with Gasteiger partial charge < -0.3 is 14.7 Å². The van der Waals surface area contributed by atoms with Gasteiger partial charge in [0.1, 0.15) is 11.3 Å². The number of benzene rings is 1. The van der Waals surface area contributed by atoms with Crippen molar-refractivity contribution >= 4 is 18.4 Å². The maximum Gasteiger partial charge on any atom is 0.264 e. The summed E-state index contributed by atoms with van der Waals surface area (Å²) in [6.07, 6.45) is 1.38. The Morgan fingerprint density at radius 2 is 1.88 bits per heavy atom. The van der Waals surface area contributed by atoms with Gasteiger partial charge in [0.05, 0.1) is 19.0 Å². The average Bonchev–Trinajstić information content (AvgIpc) is 2.63. The third-order valence-corrected chi connectivity index (χ3v) is 4.57. The first-order valence-electron chi connectivity index (χ1n) is 8.20. The van der Waals surface area contributed by atoms with Gasteiger partial charge in [-0.1, -0.05) is 0 Å². The van der Waals surface area contributed by atoms with Crippen molar-refractivity contribution in [1.82, 2.24) is 19.5 Å². The van der Waals surface area contributed by atoms with Gasteiger partial charge in [0, 0.05) is 26.2 Å². The van der Waals surface area contributed by atoms with Crippen LogP contribution in [0, 0.1) is 4.77 Å². The van der Waals surface area contributed by atoms with Crippen molar-refractivity contribution in [3.8, 4) is 17.3 Å². The van der Waals surface area contributed by atoms with Crippen LogP contribution in [-0.2, 0) is 0 Å². The first-order chi connectivity index (χ1) is 12.5. The first-order valence-corrected chi connectivity index (χ1v) is 8.60. The number of methoxy groups -OCH3 is 1. The average molecular weight is 375 g/mol. The van der Waals surface area contributed by atoms with Crippen molar-refractivity contribution in [2.45, 2.75) is 0 Å². The van der Waals surface area contributed by atoms with E-state index in [1.54, 1.807) is 31.4 Å². The van der Waals surface area contributed by atoms with Crippen LogP contribution < -0.4 is 10.3 Å². The van der Waals surface area contributed by atoms with Crippen molar-refractivity contribution in [2.24, 2.45) is 5.10 Å². The number of ether oxygens (including phenoxy) is 1. The van der Waals surface area contributed by atoms with Gasteiger partial charge in [-0.25, -0.2) is 0 Å². The molecule has 0 amide bonds. The van der Waals surface area contributed by atoms with Crippen LogP contribution in [0.2, 0.25) is 0 Å². The molecule has 1 aromatic heterocycles. The number of piperazine rings is 1. The minimum atomic E-state index is -0.477.